The molecule has 2 saturated heterocycles. The smallest absolute Gasteiger partial charge is 0.331 e. The minimum absolute atomic E-state index is 0.0989. The standard InChI is InChI=1S/C15H21NO2S/c1-9(2)19-11-7-10-8-13(17)18-15(10)12-5-3-4-6-16(12)14(11)15/h8-9,11-12,14H,3-7H2,1-2H3/t11?,12-,14-,15?/m1/s1. The summed E-state index contributed by atoms with van der Waals surface area (Å²) in [5.74, 6) is -0.0989. The lowest BCUT2D eigenvalue weighted by atomic mass is 9.71. The molecule has 3 aliphatic heterocycles. The minimum Gasteiger partial charge on any atom is -0.448 e. The number of nitrogens with zero attached hydrogens (tertiary/aromatic N) is 1. The first kappa shape index (κ1) is 12.3. The number of carbonyl (C=O) groups is 1. The Bertz CT molecular complexity index is 461. The van der Waals surface area contributed by atoms with E-state index in [0.29, 0.717) is 22.6 Å². The molecule has 0 aromatic heterocycles. The van der Waals surface area contributed by atoms with Crippen molar-refractivity contribution in [3.05, 3.63) is 11.6 Å². The van der Waals surface area contributed by atoms with E-state index in [-0.39, 0.29) is 11.6 Å². The molecule has 104 valence electrons. The third-order valence-electron chi connectivity index (χ3n) is 5.12. The number of esters is 1. The Hall–Kier alpha value is -0.480. The van der Waals surface area contributed by atoms with Crippen molar-refractivity contribution in [3.63, 3.8) is 0 Å². The van der Waals surface area contributed by atoms with Gasteiger partial charge in [0.1, 0.15) is 0 Å². The number of thioether (sulfide) groups is 1. The molecular weight excluding hydrogens is 258 g/mol. The molecule has 1 saturated carbocycles. The summed E-state index contributed by atoms with van der Waals surface area (Å²) in [4.78, 5) is 14.3. The van der Waals surface area contributed by atoms with Gasteiger partial charge in [-0.2, -0.15) is 11.8 Å². The Labute approximate surface area is 118 Å². The maximum atomic E-state index is 11.7. The highest BCUT2D eigenvalue weighted by molar-refractivity contribution is 8.00. The van der Waals surface area contributed by atoms with Crippen molar-refractivity contribution in [2.24, 2.45) is 0 Å². The molecule has 1 aliphatic carbocycles. The van der Waals surface area contributed by atoms with Crippen LogP contribution < -0.4 is 0 Å². The summed E-state index contributed by atoms with van der Waals surface area (Å²) in [5.41, 5.74) is 1.08. The lowest BCUT2D eigenvalue weighted by Crippen LogP contribution is -2.77. The van der Waals surface area contributed by atoms with Crippen molar-refractivity contribution >= 4 is 17.7 Å². The van der Waals surface area contributed by atoms with Crippen molar-refractivity contribution < 1.29 is 9.53 Å². The van der Waals surface area contributed by atoms with Gasteiger partial charge >= 0.3 is 5.97 Å². The van der Waals surface area contributed by atoms with Gasteiger partial charge in [-0.3, -0.25) is 4.90 Å². The molecule has 3 fully saturated rings. The minimum atomic E-state index is -0.218. The molecule has 4 atom stereocenters. The topological polar surface area (TPSA) is 29.5 Å². The zero-order valence-electron chi connectivity index (χ0n) is 11.6. The average molecular weight is 279 g/mol. The number of fused-ring (bicyclic) bond motifs is 2. The fraction of sp³-hybridized carbons (Fsp3) is 0.800. The van der Waals surface area contributed by atoms with Gasteiger partial charge in [0.15, 0.2) is 5.60 Å². The Morgan fingerprint density at radius 1 is 1.47 bits per heavy atom. The van der Waals surface area contributed by atoms with E-state index in [1.165, 1.54) is 31.4 Å². The molecule has 3 nitrogen and oxygen atoms in total. The number of hydrogen-bond donors (Lipinski definition) is 0. The number of hydrogen-bond acceptors (Lipinski definition) is 4. The highest BCUT2D eigenvalue weighted by Crippen LogP contribution is 2.60. The SMILES string of the molecule is CC(C)SC1CC2=CC(=O)OC23[C@H]2CCCCN2[C@H]13. The Morgan fingerprint density at radius 3 is 3.11 bits per heavy atom. The van der Waals surface area contributed by atoms with Crippen LogP contribution in [-0.4, -0.2) is 45.6 Å². The molecule has 0 radical (unpaired) electrons. The molecule has 4 rings (SSSR count). The molecule has 3 heterocycles. The van der Waals surface area contributed by atoms with Crippen molar-refractivity contribution in [2.45, 2.75) is 67.7 Å². The van der Waals surface area contributed by atoms with E-state index in [1.54, 1.807) is 6.08 Å². The lowest BCUT2D eigenvalue weighted by Gasteiger charge is -2.61. The molecule has 0 aromatic rings. The van der Waals surface area contributed by atoms with Gasteiger partial charge in [0.05, 0.1) is 12.1 Å². The maximum absolute atomic E-state index is 11.7. The molecule has 4 heteroatoms. The van der Waals surface area contributed by atoms with Gasteiger partial charge in [0, 0.05) is 11.3 Å². The summed E-state index contributed by atoms with van der Waals surface area (Å²) in [6.07, 6.45) is 6.61. The fourth-order valence-electron chi connectivity index (χ4n) is 4.67. The monoisotopic (exact) mass is 279 g/mol. The summed E-state index contributed by atoms with van der Waals surface area (Å²) in [6, 6.07) is 0.921. The van der Waals surface area contributed by atoms with E-state index < -0.39 is 0 Å². The average Bonchev–Trinajstić information content (AvgIpc) is 2.77. The molecule has 0 amide bonds. The first-order valence-electron chi connectivity index (χ1n) is 7.48. The first-order chi connectivity index (χ1) is 9.13. The molecule has 4 aliphatic rings. The van der Waals surface area contributed by atoms with Crippen LogP contribution in [0.15, 0.2) is 11.6 Å². The van der Waals surface area contributed by atoms with Crippen LogP contribution in [0.3, 0.4) is 0 Å². The molecule has 1 spiro atoms. The van der Waals surface area contributed by atoms with Gasteiger partial charge < -0.3 is 4.74 Å². The third kappa shape index (κ3) is 1.47. The quantitative estimate of drug-likeness (QED) is 0.726. The molecule has 19 heavy (non-hydrogen) atoms. The zero-order valence-corrected chi connectivity index (χ0v) is 12.4. The number of ether oxygens (including phenoxy) is 1. The van der Waals surface area contributed by atoms with Gasteiger partial charge in [-0.05, 0) is 36.6 Å². The predicted molar refractivity (Wildman–Crippen MR) is 76.2 cm³/mol. The number of rotatable bonds is 2. The van der Waals surface area contributed by atoms with Crippen molar-refractivity contribution in [1.29, 1.82) is 0 Å². The van der Waals surface area contributed by atoms with Crippen LogP contribution in [0.2, 0.25) is 0 Å². The van der Waals surface area contributed by atoms with E-state index in [1.807, 2.05) is 0 Å². The summed E-state index contributed by atoms with van der Waals surface area (Å²) >= 11 is 2.06. The second-order valence-corrected chi connectivity index (χ2v) is 8.33. The number of piperidine rings is 1. The van der Waals surface area contributed by atoms with Crippen molar-refractivity contribution in [3.8, 4) is 0 Å². The predicted octanol–water partition coefficient (Wildman–Crippen LogP) is 2.36. The molecule has 0 N–H and O–H groups in total. The van der Waals surface area contributed by atoms with Crippen LogP contribution in [0.1, 0.15) is 39.5 Å². The van der Waals surface area contributed by atoms with Gasteiger partial charge in [-0.1, -0.05) is 20.3 Å². The van der Waals surface area contributed by atoms with E-state index in [0.717, 1.165) is 6.42 Å². The summed E-state index contributed by atoms with van der Waals surface area (Å²) in [6.45, 7) is 5.72. The third-order valence-corrected chi connectivity index (χ3v) is 6.44. The van der Waals surface area contributed by atoms with Crippen LogP contribution in [0.25, 0.3) is 0 Å². The Morgan fingerprint density at radius 2 is 2.32 bits per heavy atom. The van der Waals surface area contributed by atoms with Gasteiger partial charge in [0.2, 0.25) is 0 Å². The zero-order chi connectivity index (χ0) is 13.2. The highest BCUT2D eigenvalue weighted by atomic mass is 32.2. The van der Waals surface area contributed by atoms with E-state index in [4.69, 9.17) is 4.74 Å². The van der Waals surface area contributed by atoms with Gasteiger partial charge in [-0.25, -0.2) is 4.79 Å². The summed E-state index contributed by atoms with van der Waals surface area (Å²) in [5, 5.41) is 1.25. The van der Waals surface area contributed by atoms with E-state index >= 15 is 0 Å². The largest absolute Gasteiger partial charge is 0.448 e. The van der Waals surface area contributed by atoms with Gasteiger partial charge in [0.25, 0.3) is 0 Å². The maximum Gasteiger partial charge on any atom is 0.331 e. The first-order valence-corrected chi connectivity index (χ1v) is 8.42. The van der Waals surface area contributed by atoms with Crippen LogP contribution in [0, 0.1) is 0 Å². The van der Waals surface area contributed by atoms with Gasteiger partial charge in [-0.15, -0.1) is 0 Å². The van der Waals surface area contributed by atoms with E-state index in [2.05, 4.69) is 30.5 Å². The summed E-state index contributed by atoms with van der Waals surface area (Å²) < 4.78 is 5.87. The van der Waals surface area contributed by atoms with Crippen LogP contribution in [0.5, 0.6) is 0 Å². The van der Waals surface area contributed by atoms with Crippen LogP contribution in [0.4, 0.5) is 0 Å². The van der Waals surface area contributed by atoms with Crippen LogP contribution >= 0.6 is 11.8 Å². The molecule has 0 aromatic carbocycles. The summed E-state index contributed by atoms with van der Waals surface area (Å²) in [7, 11) is 0. The molecule has 2 unspecified atom stereocenters. The Kier molecular flexibility index (Phi) is 2.59. The lowest BCUT2D eigenvalue weighted by molar-refractivity contribution is -0.200. The van der Waals surface area contributed by atoms with Crippen molar-refractivity contribution in [2.75, 3.05) is 6.54 Å². The normalized spacial score (nSPS) is 44.3. The Balaban J connectivity index is 1.69. The highest BCUT2D eigenvalue weighted by Gasteiger charge is 2.72. The second-order valence-electron chi connectivity index (χ2n) is 6.51. The van der Waals surface area contributed by atoms with Crippen molar-refractivity contribution in [1.82, 2.24) is 4.90 Å². The second kappa shape index (κ2) is 4.01. The number of carbonyl (C=O) groups excluding carboxylic acids is 1. The fourth-order valence-corrected chi connectivity index (χ4v) is 6.15. The van der Waals surface area contributed by atoms with Crippen LogP contribution in [-0.2, 0) is 9.53 Å². The van der Waals surface area contributed by atoms with E-state index in [9.17, 15) is 4.79 Å². The molecular formula is C15H21NO2S. The molecule has 0 bridgehead atoms.